The Morgan fingerprint density at radius 2 is 1.21 bits per heavy atom. The SMILES string of the molecule is CCc1cc(CC)cc([Si](c2ccccc2)(c2ccc(C)cc2)C2(C)C=C(C)C(C)=C2C)c1. The third kappa shape index (κ3) is 3.67. The highest BCUT2D eigenvalue weighted by Gasteiger charge is 2.56. The van der Waals surface area contributed by atoms with Gasteiger partial charge in [0.25, 0.3) is 0 Å². The van der Waals surface area contributed by atoms with Crippen LogP contribution in [0.4, 0.5) is 0 Å². The van der Waals surface area contributed by atoms with E-state index < -0.39 is 8.07 Å². The van der Waals surface area contributed by atoms with Crippen molar-refractivity contribution in [1.29, 1.82) is 0 Å². The molecule has 0 aliphatic heterocycles. The lowest BCUT2D eigenvalue weighted by atomic mass is 10.0. The Balaban J connectivity index is 2.22. The minimum Gasteiger partial charge on any atom is -0.0730 e. The van der Waals surface area contributed by atoms with Gasteiger partial charge < -0.3 is 0 Å². The maximum Gasteiger partial charge on any atom is 0.161 e. The summed E-state index contributed by atoms with van der Waals surface area (Å²) < 4.78 is 0. The average molecular weight is 451 g/mol. The Bertz CT molecular complexity index is 1190. The van der Waals surface area contributed by atoms with Crippen LogP contribution in [-0.2, 0) is 12.8 Å². The van der Waals surface area contributed by atoms with Crippen molar-refractivity contribution in [2.45, 2.75) is 66.3 Å². The fourth-order valence-electron chi connectivity index (χ4n) is 6.00. The van der Waals surface area contributed by atoms with E-state index in [4.69, 9.17) is 0 Å². The van der Waals surface area contributed by atoms with E-state index in [9.17, 15) is 0 Å². The first-order chi connectivity index (χ1) is 15.8. The van der Waals surface area contributed by atoms with Gasteiger partial charge in [-0.05, 0) is 72.8 Å². The van der Waals surface area contributed by atoms with Crippen molar-refractivity contribution in [2.24, 2.45) is 0 Å². The van der Waals surface area contributed by atoms with Crippen molar-refractivity contribution in [3.05, 3.63) is 112 Å². The Kier molecular flexibility index (Phi) is 6.38. The summed E-state index contributed by atoms with van der Waals surface area (Å²) in [6, 6.07) is 28.4. The molecule has 0 saturated carbocycles. The quantitative estimate of drug-likeness (QED) is 0.291. The molecule has 0 bridgehead atoms. The van der Waals surface area contributed by atoms with E-state index in [2.05, 4.69) is 127 Å². The van der Waals surface area contributed by atoms with Crippen LogP contribution in [0.15, 0.2) is 95.6 Å². The molecule has 2 unspecified atom stereocenters. The van der Waals surface area contributed by atoms with Crippen molar-refractivity contribution >= 4 is 23.6 Å². The smallest absolute Gasteiger partial charge is 0.0730 e. The molecular weight excluding hydrogens is 412 g/mol. The molecule has 2 atom stereocenters. The van der Waals surface area contributed by atoms with Gasteiger partial charge in [-0.25, -0.2) is 0 Å². The number of hydrogen-bond acceptors (Lipinski definition) is 0. The summed E-state index contributed by atoms with van der Waals surface area (Å²) in [4.78, 5) is 0. The fraction of sp³-hybridized carbons (Fsp3) is 0.312. The van der Waals surface area contributed by atoms with Crippen LogP contribution in [0.1, 0.15) is 58.2 Å². The molecule has 3 aromatic carbocycles. The molecule has 0 radical (unpaired) electrons. The summed E-state index contributed by atoms with van der Waals surface area (Å²) in [7, 11) is -2.51. The zero-order valence-electron chi connectivity index (χ0n) is 21.4. The number of benzene rings is 3. The monoisotopic (exact) mass is 450 g/mol. The molecule has 1 aliphatic carbocycles. The lowest BCUT2D eigenvalue weighted by Gasteiger charge is -2.47. The van der Waals surface area contributed by atoms with Crippen LogP contribution < -0.4 is 15.6 Å². The third-order valence-electron chi connectivity index (χ3n) is 8.21. The first kappa shape index (κ1) is 23.5. The molecule has 0 N–H and O–H groups in total. The van der Waals surface area contributed by atoms with Crippen LogP contribution in [0, 0.1) is 6.92 Å². The third-order valence-corrected chi connectivity index (χ3v) is 13.8. The lowest BCUT2D eigenvalue weighted by molar-refractivity contribution is 0.870. The second-order valence-corrected chi connectivity index (χ2v) is 14.3. The molecule has 170 valence electrons. The van der Waals surface area contributed by atoms with Gasteiger partial charge in [-0.3, -0.25) is 0 Å². The molecule has 0 nitrogen and oxygen atoms in total. The van der Waals surface area contributed by atoms with E-state index in [1.165, 1.54) is 49.0 Å². The van der Waals surface area contributed by atoms with Gasteiger partial charge in [0, 0.05) is 5.04 Å². The van der Waals surface area contributed by atoms with Gasteiger partial charge in [-0.15, -0.1) is 0 Å². The lowest BCUT2D eigenvalue weighted by Crippen LogP contribution is -2.73. The van der Waals surface area contributed by atoms with Gasteiger partial charge in [0.15, 0.2) is 8.07 Å². The van der Waals surface area contributed by atoms with E-state index in [0.717, 1.165) is 12.8 Å². The maximum absolute atomic E-state index is 2.60. The van der Waals surface area contributed by atoms with Crippen LogP contribution >= 0.6 is 0 Å². The fourth-order valence-corrected chi connectivity index (χ4v) is 12.1. The van der Waals surface area contributed by atoms with Crippen molar-refractivity contribution in [3.8, 4) is 0 Å². The van der Waals surface area contributed by atoms with Crippen LogP contribution in [0.25, 0.3) is 0 Å². The summed E-state index contributed by atoms with van der Waals surface area (Å²) >= 11 is 0. The summed E-state index contributed by atoms with van der Waals surface area (Å²) in [5.41, 5.74) is 8.63. The van der Waals surface area contributed by atoms with Gasteiger partial charge in [0.2, 0.25) is 0 Å². The maximum atomic E-state index is 2.60. The molecule has 1 heteroatoms. The minimum atomic E-state index is -2.51. The number of rotatable bonds is 6. The van der Waals surface area contributed by atoms with Crippen LogP contribution in [0.5, 0.6) is 0 Å². The molecule has 0 spiro atoms. The molecule has 0 aromatic heterocycles. The van der Waals surface area contributed by atoms with Gasteiger partial charge in [-0.2, -0.15) is 0 Å². The second kappa shape index (κ2) is 8.95. The van der Waals surface area contributed by atoms with Crippen molar-refractivity contribution < 1.29 is 0 Å². The van der Waals surface area contributed by atoms with Crippen molar-refractivity contribution in [1.82, 2.24) is 0 Å². The molecule has 3 aromatic rings. The molecule has 0 amide bonds. The normalized spacial score (nSPS) is 20.0. The highest BCUT2D eigenvalue weighted by molar-refractivity contribution is 7.14. The van der Waals surface area contributed by atoms with E-state index in [1.807, 2.05) is 0 Å². The summed E-state index contributed by atoms with van der Waals surface area (Å²) in [6.07, 6.45) is 4.72. The molecule has 1 aliphatic rings. The summed E-state index contributed by atoms with van der Waals surface area (Å²) in [5.74, 6) is 0. The highest BCUT2D eigenvalue weighted by Crippen LogP contribution is 2.52. The standard InChI is InChI=1S/C32H38Si/c1-8-27-19-28(9-2)21-31(20-27)33(29-13-11-10-12-14-29,30-17-15-23(3)16-18-30)32(7)22-24(4)25(5)26(32)6/h10-22H,8-9H2,1-7H3. The Morgan fingerprint density at radius 3 is 1.70 bits per heavy atom. The van der Waals surface area contributed by atoms with E-state index >= 15 is 0 Å². The van der Waals surface area contributed by atoms with Crippen molar-refractivity contribution in [2.75, 3.05) is 0 Å². The highest BCUT2D eigenvalue weighted by atomic mass is 28.3. The van der Waals surface area contributed by atoms with Crippen LogP contribution in [0.3, 0.4) is 0 Å². The molecule has 0 saturated heterocycles. The molecular formula is C32H38Si. The van der Waals surface area contributed by atoms with E-state index in [-0.39, 0.29) is 5.04 Å². The van der Waals surface area contributed by atoms with Gasteiger partial charge in [0.05, 0.1) is 0 Å². The molecule has 0 fully saturated rings. The predicted octanol–water partition coefficient (Wildman–Crippen LogP) is 6.65. The second-order valence-electron chi connectivity index (χ2n) is 10.0. The van der Waals surface area contributed by atoms with Crippen LogP contribution in [-0.4, -0.2) is 8.07 Å². The number of aryl methyl sites for hydroxylation is 3. The zero-order chi connectivity index (χ0) is 23.8. The summed E-state index contributed by atoms with van der Waals surface area (Å²) in [5, 5.41) is 4.48. The summed E-state index contributed by atoms with van der Waals surface area (Å²) in [6.45, 7) is 16.3. The Labute approximate surface area is 202 Å². The number of hydrogen-bond donors (Lipinski definition) is 0. The first-order valence-electron chi connectivity index (χ1n) is 12.4. The van der Waals surface area contributed by atoms with Gasteiger partial charge in [0.1, 0.15) is 0 Å². The number of allylic oxidation sites excluding steroid dienone is 4. The Morgan fingerprint density at radius 1 is 0.667 bits per heavy atom. The first-order valence-corrected chi connectivity index (χ1v) is 14.4. The molecule has 33 heavy (non-hydrogen) atoms. The van der Waals surface area contributed by atoms with Gasteiger partial charge in [-0.1, -0.05) is 116 Å². The minimum absolute atomic E-state index is 0.0465. The van der Waals surface area contributed by atoms with Crippen LogP contribution in [0.2, 0.25) is 5.04 Å². The van der Waals surface area contributed by atoms with Gasteiger partial charge >= 0.3 is 0 Å². The van der Waals surface area contributed by atoms with Crippen molar-refractivity contribution in [3.63, 3.8) is 0 Å². The largest absolute Gasteiger partial charge is 0.161 e. The Hall–Kier alpha value is -2.64. The molecule has 4 rings (SSSR count). The zero-order valence-corrected chi connectivity index (χ0v) is 22.4. The van der Waals surface area contributed by atoms with E-state index in [0.29, 0.717) is 0 Å². The topological polar surface area (TPSA) is 0 Å². The van der Waals surface area contributed by atoms with E-state index in [1.54, 1.807) is 0 Å². The molecule has 0 heterocycles. The predicted molar refractivity (Wildman–Crippen MR) is 148 cm³/mol. The average Bonchev–Trinajstić information content (AvgIpc) is 3.04.